The molecule has 1 rings (SSSR count). The Morgan fingerprint density at radius 2 is 2.11 bits per heavy atom. The predicted molar refractivity (Wildman–Crippen MR) is 78.1 cm³/mol. The number of nitrogens with zero attached hydrogens (tertiary/aromatic N) is 2. The molecular formula is C12H14BrClN2O3. The minimum atomic E-state index is -0.603. The zero-order valence-corrected chi connectivity index (χ0v) is 13.2. The number of hydrogen-bond acceptors (Lipinski definition) is 3. The van der Waals surface area contributed by atoms with Gasteiger partial charge in [-0.15, -0.1) is 0 Å². The van der Waals surface area contributed by atoms with E-state index in [9.17, 15) is 14.9 Å². The Hall–Kier alpha value is -1.14. The van der Waals surface area contributed by atoms with Crippen LogP contribution in [0.1, 0.15) is 24.2 Å². The highest BCUT2D eigenvalue weighted by Gasteiger charge is 2.32. The zero-order chi connectivity index (χ0) is 14.8. The van der Waals surface area contributed by atoms with Gasteiger partial charge in [0.15, 0.2) is 0 Å². The monoisotopic (exact) mass is 348 g/mol. The van der Waals surface area contributed by atoms with Crippen LogP contribution in [0.3, 0.4) is 0 Å². The summed E-state index contributed by atoms with van der Waals surface area (Å²) in [4.78, 5) is 24.2. The molecule has 104 valence electrons. The lowest BCUT2D eigenvalue weighted by atomic mass is 10.0. The lowest BCUT2D eigenvalue weighted by Crippen LogP contribution is -2.46. The van der Waals surface area contributed by atoms with Crippen LogP contribution in [0.25, 0.3) is 0 Å². The standard InChI is InChI=1S/C12H14BrClN2O3/c1-12(2,7-13)15(3)11(17)10-8(14)5-4-6-9(10)16(18)19/h4-6H,7H2,1-3H3. The fraction of sp³-hybridized carbons (Fsp3) is 0.417. The van der Waals surface area contributed by atoms with Crippen LogP contribution in [0.2, 0.25) is 5.02 Å². The van der Waals surface area contributed by atoms with Gasteiger partial charge >= 0.3 is 0 Å². The Kier molecular flexibility index (Phi) is 4.92. The third-order valence-electron chi connectivity index (χ3n) is 2.94. The Morgan fingerprint density at radius 1 is 1.53 bits per heavy atom. The second-order valence-electron chi connectivity index (χ2n) is 4.70. The van der Waals surface area contributed by atoms with Crippen LogP contribution < -0.4 is 0 Å². The van der Waals surface area contributed by atoms with Crippen molar-refractivity contribution in [2.45, 2.75) is 19.4 Å². The SMILES string of the molecule is CN(C(=O)c1c(Cl)cccc1[N+](=O)[O-])C(C)(C)CBr. The van der Waals surface area contributed by atoms with Gasteiger partial charge in [0.2, 0.25) is 0 Å². The van der Waals surface area contributed by atoms with Crippen molar-refractivity contribution in [2.75, 3.05) is 12.4 Å². The molecule has 0 aliphatic heterocycles. The minimum absolute atomic E-state index is 0.0781. The van der Waals surface area contributed by atoms with Crippen molar-refractivity contribution in [3.63, 3.8) is 0 Å². The van der Waals surface area contributed by atoms with E-state index in [0.717, 1.165) is 0 Å². The number of rotatable bonds is 4. The molecule has 0 fully saturated rings. The summed E-state index contributed by atoms with van der Waals surface area (Å²) < 4.78 is 0. The minimum Gasteiger partial charge on any atom is -0.335 e. The summed E-state index contributed by atoms with van der Waals surface area (Å²) in [5, 5.41) is 11.6. The Morgan fingerprint density at radius 3 is 2.58 bits per heavy atom. The molecule has 0 saturated heterocycles. The first-order valence-electron chi connectivity index (χ1n) is 5.49. The van der Waals surface area contributed by atoms with Gasteiger partial charge in [-0.1, -0.05) is 33.6 Å². The van der Waals surface area contributed by atoms with E-state index in [4.69, 9.17) is 11.6 Å². The van der Waals surface area contributed by atoms with Crippen molar-refractivity contribution in [3.05, 3.63) is 38.9 Å². The summed E-state index contributed by atoms with van der Waals surface area (Å²) in [6.45, 7) is 3.70. The van der Waals surface area contributed by atoms with Gasteiger partial charge in [-0.25, -0.2) is 0 Å². The highest BCUT2D eigenvalue weighted by atomic mass is 79.9. The molecule has 0 aromatic heterocycles. The van der Waals surface area contributed by atoms with Crippen molar-refractivity contribution < 1.29 is 9.72 Å². The molecule has 1 amide bonds. The number of amides is 1. The quantitative estimate of drug-likeness (QED) is 0.475. The molecule has 0 bridgehead atoms. The topological polar surface area (TPSA) is 63.5 Å². The van der Waals surface area contributed by atoms with Gasteiger partial charge < -0.3 is 4.90 Å². The van der Waals surface area contributed by atoms with Crippen LogP contribution in [-0.2, 0) is 0 Å². The van der Waals surface area contributed by atoms with Crippen LogP contribution in [0.15, 0.2) is 18.2 Å². The molecule has 0 aliphatic carbocycles. The van der Waals surface area contributed by atoms with E-state index in [0.29, 0.717) is 5.33 Å². The number of nitro benzene ring substituents is 1. The summed E-state index contributed by atoms with van der Waals surface area (Å²) in [6, 6.07) is 4.19. The van der Waals surface area contributed by atoms with E-state index in [1.54, 1.807) is 7.05 Å². The van der Waals surface area contributed by atoms with E-state index >= 15 is 0 Å². The molecule has 5 nitrogen and oxygen atoms in total. The third kappa shape index (κ3) is 3.25. The molecule has 19 heavy (non-hydrogen) atoms. The lowest BCUT2D eigenvalue weighted by Gasteiger charge is -2.34. The number of alkyl halides is 1. The summed E-state index contributed by atoms with van der Waals surface area (Å²) in [5.41, 5.74) is -0.843. The van der Waals surface area contributed by atoms with Gasteiger partial charge in [0.05, 0.1) is 9.95 Å². The maximum atomic E-state index is 12.4. The number of benzene rings is 1. The predicted octanol–water partition coefficient (Wildman–Crippen LogP) is 3.49. The van der Waals surface area contributed by atoms with Gasteiger partial charge in [-0.05, 0) is 19.9 Å². The van der Waals surface area contributed by atoms with E-state index in [2.05, 4.69) is 15.9 Å². The molecule has 0 heterocycles. The van der Waals surface area contributed by atoms with Gasteiger partial charge in [0.25, 0.3) is 11.6 Å². The average Bonchev–Trinajstić information content (AvgIpc) is 2.36. The first-order chi connectivity index (χ1) is 8.72. The molecule has 0 atom stereocenters. The maximum Gasteiger partial charge on any atom is 0.283 e. The number of carbonyl (C=O) groups excluding carboxylic acids is 1. The molecule has 1 aromatic carbocycles. The normalized spacial score (nSPS) is 11.2. The summed E-state index contributed by atoms with van der Waals surface area (Å²) in [6.07, 6.45) is 0. The van der Waals surface area contributed by atoms with Gasteiger partial charge in [0, 0.05) is 24.0 Å². The fourth-order valence-corrected chi connectivity index (χ4v) is 2.04. The third-order valence-corrected chi connectivity index (χ3v) is 4.63. The van der Waals surface area contributed by atoms with Crippen LogP contribution >= 0.6 is 27.5 Å². The van der Waals surface area contributed by atoms with E-state index in [1.165, 1.54) is 23.1 Å². The fourth-order valence-electron chi connectivity index (χ4n) is 1.41. The molecule has 0 spiro atoms. The first-order valence-corrected chi connectivity index (χ1v) is 6.99. The van der Waals surface area contributed by atoms with Crippen LogP contribution in [0.5, 0.6) is 0 Å². The summed E-state index contributed by atoms with van der Waals surface area (Å²) in [5.74, 6) is -0.471. The van der Waals surface area contributed by atoms with Gasteiger partial charge in [-0.3, -0.25) is 14.9 Å². The molecule has 7 heteroatoms. The zero-order valence-electron chi connectivity index (χ0n) is 10.8. The second-order valence-corrected chi connectivity index (χ2v) is 5.67. The Bertz CT molecular complexity index is 520. The van der Waals surface area contributed by atoms with Crippen molar-refractivity contribution in [3.8, 4) is 0 Å². The molecule has 0 aliphatic rings. The number of nitro groups is 1. The molecule has 0 radical (unpaired) electrons. The lowest BCUT2D eigenvalue weighted by molar-refractivity contribution is -0.385. The maximum absolute atomic E-state index is 12.4. The van der Waals surface area contributed by atoms with Crippen molar-refractivity contribution >= 4 is 39.1 Å². The van der Waals surface area contributed by atoms with E-state index < -0.39 is 16.4 Å². The smallest absolute Gasteiger partial charge is 0.283 e. The summed E-state index contributed by atoms with van der Waals surface area (Å²) in [7, 11) is 1.59. The van der Waals surface area contributed by atoms with E-state index in [1.807, 2.05) is 13.8 Å². The summed E-state index contributed by atoms with van der Waals surface area (Å²) >= 11 is 9.26. The Labute approximate surface area is 124 Å². The highest BCUT2D eigenvalue weighted by molar-refractivity contribution is 9.09. The largest absolute Gasteiger partial charge is 0.335 e. The number of halogens is 2. The average molecular weight is 350 g/mol. The second kappa shape index (κ2) is 5.88. The van der Waals surface area contributed by atoms with Gasteiger partial charge in [0.1, 0.15) is 5.56 Å². The van der Waals surface area contributed by atoms with Crippen molar-refractivity contribution in [1.29, 1.82) is 0 Å². The number of carbonyl (C=O) groups is 1. The van der Waals surface area contributed by atoms with Gasteiger partial charge in [-0.2, -0.15) is 0 Å². The van der Waals surface area contributed by atoms with Crippen LogP contribution in [0, 0.1) is 10.1 Å². The van der Waals surface area contributed by atoms with Crippen LogP contribution in [-0.4, -0.2) is 33.6 Å². The molecule has 1 aromatic rings. The Balaban J connectivity index is 3.31. The highest BCUT2D eigenvalue weighted by Crippen LogP contribution is 2.29. The first kappa shape index (κ1) is 15.9. The van der Waals surface area contributed by atoms with Crippen LogP contribution in [0.4, 0.5) is 5.69 Å². The molecule has 0 N–H and O–H groups in total. The molecule has 0 unspecified atom stereocenters. The van der Waals surface area contributed by atoms with E-state index in [-0.39, 0.29) is 16.3 Å². The molecule has 0 saturated carbocycles. The molecular weight excluding hydrogens is 336 g/mol. The van der Waals surface area contributed by atoms with Crippen molar-refractivity contribution in [1.82, 2.24) is 4.90 Å². The van der Waals surface area contributed by atoms with Crippen molar-refractivity contribution in [2.24, 2.45) is 0 Å². The number of hydrogen-bond donors (Lipinski definition) is 0.